The second-order valence-corrected chi connectivity index (χ2v) is 10.6. The van der Waals surface area contributed by atoms with Gasteiger partial charge in [0.1, 0.15) is 5.94 Å². The lowest BCUT2D eigenvalue weighted by molar-refractivity contribution is -0.120. The van der Waals surface area contributed by atoms with Crippen molar-refractivity contribution in [1.29, 1.82) is 0 Å². The standard InChI is InChI=1S/C28H46N4O6S2.4H2/c1-3-5-12-31-28(34)32-13-6-7-16-38-24-39-40-26-10-8-25(9-11-26)23-27(33)30-15-18-36-20-22-37-21-19-35-17-14-29-4-2;;;;/h8-11,29H,4,6-7,12-24H2,1-2H3,(H,30,33)(H2,31,32,34);4*1H. The molecule has 0 aliphatic carbocycles. The Bertz CT molecular complexity index is 856. The number of carbonyl (C=O) groups excluding carboxylic acids is 2. The minimum Gasteiger partial charge on any atom is -0.378 e. The highest BCUT2D eigenvalue weighted by molar-refractivity contribution is 8.76. The zero-order valence-electron chi connectivity index (χ0n) is 23.9. The molecular formula is C28H54N4O6S2. The molecular weight excluding hydrogens is 552 g/mol. The highest BCUT2D eigenvalue weighted by Gasteiger charge is 2.04. The zero-order valence-corrected chi connectivity index (χ0v) is 25.5. The van der Waals surface area contributed by atoms with Crippen molar-refractivity contribution in [2.75, 3.05) is 84.9 Å². The number of likely N-dealkylation sites (N-methyl/N-ethyl adjacent to an activating group) is 1. The number of ether oxygens (including phenoxy) is 4. The molecule has 0 saturated heterocycles. The number of amides is 3. The van der Waals surface area contributed by atoms with Crippen LogP contribution in [0.2, 0.25) is 0 Å². The van der Waals surface area contributed by atoms with Crippen LogP contribution in [0.25, 0.3) is 0 Å². The Kier molecular flexibility index (Phi) is 24.5. The van der Waals surface area contributed by atoms with E-state index in [1.165, 1.54) is 0 Å². The van der Waals surface area contributed by atoms with Crippen LogP contribution in [-0.2, 0) is 30.2 Å². The minimum absolute atomic E-state index is 0. The van der Waals surface area contributed by atoms with Crippen molar-refractivity contribution in [3.8, 4) is 11.8 Å². The molecule has 10 nitrogen and oxygen atoms in total. The summed E-state index contributed by atoms with van der Waals surface area (Å²) in [4.78, 5) is 24.7. The van der Waals surface area contributed by atoms with Gasteiger partial charge in [-0.3, -0.25) is 4.79 Å². The molecule has 0 aliphatic heterocycles. The molecule has 1 rings (SSSR count). The largest absolute Gasteiger partial charge is 0.378 e. The molecule has 0 atom stereocenters. The first-order chi connectivity index (χ1) is 19.7. The molecule has 0 spiro atoms. The first-order valence-electron chi connectivity index (χ1n) is 13.7. The van der Waals surface area contributed by atoms with Gasteiger partial charge in [0.15, 0.2) is 0 Å². The monoisotopic (exact) mass is 606 g/mol. The van der Waals surface area contributed by atoms with Crippen molar-refractivity contribution in [3.05, 3.63) is 29.8 Å². The van der Waals surface area contributed by atoms with Crippen LogP contribution >= 0.6 is 21.6 Å². The van der Waals surface area contributed by atoms with E-state index in [9.17, 15) is 9.59 Å². The maximum absolute atomic E-state index is 12.2. The summed E-state index contributed by atoms with van der Waals surface area (Å²) < 4.78 is 22.0. The van der Waals surface area contributed by atoms with E-state index in [4.69, 9.17) is 18.9 Å². The molecule has 0 fully saturated rings. The number of hydrogen-bond donors (Lipinski definition) is 4. The Labute approximate surface area is 253 Å². The first kappa shape index (κ1) is 36.0. The summed E-state index contributed by atoms with van der Waals surface area (Å²) >= 11 is 0. The maximum atomic E-state index is 12.2. The van der Waals surface area contributed by atoms with Crippen molar-refractivity contribution in [1.82, 2.24) is 21.3 Å². The van der Waals surface area contributed by atoms with E-state index in [2.05, 4.69) is 40.0 Å². The van der Waals surface area contributed by atoms with Crippen LogP contribution in [0.1, 0.15) is 38.0 Å². The molecule has 3 amide bonds. The fourth-order valence-corrected chi connectivity index (χ4v) is 4.74. The SMILES string of the molecule is CC#CCNC(=O)NCCCCOCSSc1ccc(CC(=O)NCCOCCOCCOCCNCC)cc1.[HH].[HH].[HH].[HH]. The third-order valence-corrected chi connectivity index (χ3v) is 7.14. The Morgan fingerprint density at radius 1 is 0.825 bits per heavy atom. The van der Waals surface area contributed by atoms with Gasteiger partial charge in [0.05, 0.1) is 52.6 Å². The molecule has 0 radical (unpaired) electrons. The second-order valence-electron chi connectivity index (χ2n) is 8.33. The van der Waals surface area contributed by atoms with Crippen molar-refractivity contribution < 1.29 is 34.2 Å². The Morgan fingerprint density at radius 3 is 2.23 bits per heavy atom. The van der Waals surface area contributed by atoms with Crippen molar-refractivity contribution in [2.24, 2.45) is 0 Å². The van der Waals surface area contributed by atoms with Crippen molar-refractivity contribution in [2.45, 2.75) is 38.0 Å². The molecule has 1 aromatic rings. The predicted octanol–water partition coefficient (Wildman–Crippen LogP) is 3.81. The lowest BCUT2D eigenvalue weighted by atomic mass is 10.1. The Morgan fingerprint density at radius 2 is 1.52 bits per heavy atom. The fraction of sp³-hybridized carbons (Fsp3) is 0.643. The van der Waals surface area contributed by atoms with Crippen LogP contribution < -0.4 is 21.3 Å². The summed E-state index contributed by atoms with van der Waals surface area (Å²) in [7, 11) is 3.26. The quantitative estimate of drug-likeness (QED) is 0.0570. The summed E-state index contributed by atoms with van der Waals surface area (Å²) in [6.07, 6.45) is 2.07. The summed E-state index contributed by atoms with van der Waals surface area (Å²) in [5.74, 6) is 6.06. The molecule has 0 heterocycles. The molecule has 40 heavy (non-hydrogen) atoms. The van der Waals surface area contributed by atoms with Crippen molar-refractivity contribution in [3.63, 3.8) is 0 Å². The molecule has 4 N–H and O–H groups in total. The highest BCUT2D eigenvalue weighted by atomic mass is 33.1. The lowest BCUT2D eigenvalue weighted by Gasteiger charge is -2.08. The summed E-state index contributed by atoms with van der Waals surface area (Å²) in [5, 5.41) is 11.5. The van der Waals surface area contributed by atoms with E-state index in [0.29, 0.717) is 78.2 Å². The predicted molar refractivity (Wildman–Crippen MR) is 171 cm³/mol. The van der Waals surface area contributed by atoms with Gasteiger partial charge in [0.25, 0.3) is 0 Å². The number of carbonyl (C=O) groups is 2. The van der Waals surface area contributed by atoms with Crippen LogP contribution in [0.15, 0.2) is 29.2 Å². The smallest absolute Gasteiger partial charge is 0.315 e. The van der Waals surface area contributed by atoms with Crippen LogP contribution in [0.4, 0.5) is 4.79 Å². The third-order valence-electron chi connectivity index (χ3n) is 5.08. The molecule has 0 aliphatic rings. The molecule has 0 unspecified atom stereocenters. The van der Waals surface area contributed by atoms with Gasteiger partial charge in [0.2, 0.25) is 5.91 Å². The normalized spacial score (nSPS) is 10.6. The lowest BCUT2D eigenvalue weighted by Crippen LogP contribution is -2.36. The second kappa shape index (κ2) is 27.2. The topological polar surface area (TPSA) is 119 Å². The minimum atomic E-state index is -0.196. The molecule has 0 saturated carbocycles. The van der Waals surface area contributed by atoms with Gasteiger partial charge in [-0.1, -0.05) is 46.6 Å². The van der Waals surface area contributed by atoms with Gasteiger partial charge in [-0.2, -0.15) is 0 Å². The van der Waals surface area contributed by atoms with E-state index < -0.39 is 0 Å². The number of nitrogens with one attached hydrogen (secondary N) is 4. The first-order valence-corrected chi connectivity index (χ1v) is 16.1. The highest BCUT2D eigenvalue weighted by Crippen LogP contribution is 2.31. The van der Waals surface area contributed by atoms with Gasteiger partial charge in [0, 0.05) is 36.8 Å². The number of urea groups is 1. The van der Waals surface area contributed by atoms with Crippen LogP contribution in [-0.4, -0.2) is 96.8 Å². The summed E-state index contributed by atoms with van der Waals surface area (Å²) in [6, 6.07) is 7.77. The van der Waals surface area contributed by atoms with Gasteiger partial charge >= 0.3 is 6.03 Å². The fourth-order valence-electron chi connectivity index (χ4n) is 3.03. The Balaban J connectivity index is -0.00000200. The van der Waals surface area contributed by atoms with E-state index in [1.807, 2.05) is 24.3 Å². The molecule has 12 heteroatoms. The van der Waals surface area contributed by atoms with E-state index in [1.54, 1.807) is 28.5 Å². The number of hydrogen-bond acceptors (Lipinski definition) is 9. The van der Waals surface area contributed by atoms with Crippen LogP contribution in [0.3, 0.4) is 0 Å². The molecule has 0 aromatic heterocycles. The average Bonchev–Trinajstić information content (AvgIpc) is 2.95. The molecule has 0 bridgehead atoms. The summed E-state index contributed by atoms with van der Waals surface area (Å²) in [5.41, 5.74) is 0.964. The van der Waals surface area contributed by atoms with Gasteiger partial charge in [-0.05, 0) is 44.0 Å². The van der Waals surface area contributed by atoms with Crippen molar-refractivity contribution >= 4 is 33.5 Å². The third kappa shape index (κ3) is 22.8. The van der Waals surface area contributed by atoms with Crippen LogP contribution in [0.5, 0.6) is 0 Å². The van der Waals surface area contributed by atoms with E-state index in [-0.39, 0.29) is 17.6 Å². The van der Waals surface area contributed by atoms with E-state index >= 15 is 0 Å². The van der Waals surface area contributed by atoms with Crippen LogP contribution in [0, 0.1) is 11.8 Å². The number of unbranched alkanes of at least 4 members (excludes halogenated alkanes) is 1. The summed E-state index contributed by atoms with van der Waals surface area (Å²) in [6.45, 7) is 11.0. The van der Waals surface area contributed by atoms with Gasteiger partial charge < -0.3 is 40.2 Å². The average molecular weight is 607 g/mol. The number of benzene rings is 1. The number of rotatable bonds is 25. The Hall–Kier alpha value is -1.98. The van der Waals surface area contributed by atoms with Gasteiger partial charge in [-0.15, -0.1) is 5.92 Å². The van der Waals surface area contributed by atoms with Gasteiger partial charge in [-0.25, -0.2) is 4.79 Å². The maximum Gasteiger partial charge on any atom is 0.315 e. The molecule has 234 valence electrons. The zero-order chi connectivity index (χ0) is 28.9. The molecule has 1 aromatic carbocycles. The van der Waals surface area contributed by atoms with E-state index in [0.717, 1.165) is 36.4 Å².